The first-order valence-corrected chi connectivity index (χ1v) is 7.03. The molecule has 0 saturated carbocycles. The van der Waals surface area contributed by atoms with Crippen molar-refractivity contribution in [2.75, 3.05) is 6.61 Å². The summed E-state index contributed by atoms with van der Waals surface area (Å²) < 4.78 is 11.4. The van der Waals surface area contributed by atoms with Crippen LogP contribution in [0.15, 0.2) is 57.7 Å². The molecular weight excluding hydrogens is 288 g/mol. The SMILES string of the molecule is CCOc1c(-c2ccccc2Cl)oc2ccccc2c1=O. The van der Waals surface area contributed by atoms with E-state index in [-0.39, 0.29) is 11.2 Å². The van der Waals surface area contributed by atoms with Crippen molar-refractivity contribution in [1.29, 1.82) is 0 Å². The highest BCUT2D eigenvalue weighted by Gasteiger charge is 2.18. The third-order valence-electron chi connectivity index (χ3n) is 3.16. The predicted molar refractivity (Wildman–Crippen MR) is 84.1 cm³/mol. The molecule has 106 valence electrons. The Morgan fingerprint density at radius 1 is 1.10 bits per heavy atom. The highest BCUT2D eigenvalue weighted by molar-refractivity contribution is 6.33. The molecule has 0 atom stereocenters. The molecule has 0 amide bonds. The van der Waals surface area contributed by atoms with Crippen LogP contribution < -0.4 is 10.2 Å². The minimum atomic E-state index is -0.186. The summed E-state index contributed by atoms with van der Waals surface area (Å²) in [5, 5.41) is 1.01. The van der Waals surface area contributed by atoms with Gasteiger partial charge in [-0.05, 0) is 31.2 Å². The largest absolute Gasteiger partial charge is 0.487 e. The number of fused-ring (bicyclic) bond motifs is 1. The predicted octanol–water partition coefficient (Wildman–Crippen LogP) is 4.51. The fraction of sp³-hybridized carbons (Fsp3) is 0.118. The van der Waals surface area contributed by atoms with Gasteiger partial charge in [-0.15, -0.1) is 0 Å². The summed E-state index contributed by atoms with van der Waals surface area (Å²) in [5.74, 6) is 0.565. The van der Waals surface area contributed by atoms with Crippen LogP contribution in [0.3, 0.4) is 0 Å². The maximum Gasteiger partial charge on any atom is 0.235 e. The van der Waals surface area contributed by atoms with Gasteiger partial charge in [0.05, 0.1) is 17.0 Å². The van der Waals surface area contributed by atoms with Crippen molar-refractivity contribution < 1.29 is 9.15 Å². The molecule has 3 aromatic rings. The molecule has 2 aromatic carbocycles. The lowest BCUT2D eigenvalue weighted by molar-refractivity contribution is 0.330. The van der Waals surface area contributed by atoms with E-state index in [1.807, 2.05) is 25.1 Å². The molecule has 0 N–H and O–H groups in total. The van der Waals surface area contributed by atoms with Gasteiger partial charge in [-0.1, -0.05) is 35.9 Å². The topological polar surface area (TPSA) is 39.4 Å². The van der Waals surface area contributed by atoms with Crippen LogP contribution in [0.2, 0.25) is 5.02 Å². The summed E-state index contributed by atoms with van der Waals surface area (Å²) in [6, 6.07) is 14.3. The molecule has 0 unspecified atom stereocenters. The Morgan fingerprint density at radius 3 is 2.57 bits per heavy atom. The molecule has 0 aliphatic carbocycles. The Bertz CT molecular complexity index is 852. The van der Waals surface area contributed by atoms with Gasteiger partial charge in [0, 0.05) is 5.56 Å². The highest BCUT2D eigenvalue weighted by Crippen LogP contribution is 2.35. The molecule has 0 spiro atoms. The Kier molecular flexibility index (Phi) is 3.67. The summed E-state index contributed by atoms with van der Waals surface area (Å²) in [5.41, 5.74) is 0.972. The van der Waals surface area contributed by atoms with E-state index in [1.165, 1.54) is 0 Å². The lowest BCUT2D eigenvalue weighted by Crippen LogP contribution is -2.09. The molecule has 0 saturated heterocycles. The fourth-order valence-corrected chi connectivity index (χ4v) is 2.44. The van der Waals surface area contributed by atoms with Crippen LogP contribution in [-0.4, -0.2) is 6.61 Å². The normalized spacial score (nSPS) is 10.8. The molecule has 0 radical (unpaired) electrons. The van der Waals surface area contributed by atoms with Crippen LogP contribution in [0.25, 0.3) is 22.3 Å². The van der Waals surface area contributed by atoms with Gasteiger partial charge in [0.25, 0.3) is 0 Å². The van der Waals surface area contributed by atoms with Gasteiger partial charge in [0.2, 0.25) is 11.2 Å². The number of hydrogen-bond donors (Lipinski definition) is 0. The molecule has 1 aromatic heterocycles. The first-order chi connectivity index (χ1) is 10.2. The summed E-state index contributed by atoms with van der Waals surface area (Å²) >= 11 is 6.22. The molecule has 0 aliphatic rings. The van der Waals surface area contributed by atoms with E-state index < -0.39 is 0 Å². The lowest BCUT2D eigenvalue weighted by Gasteiger charge is -2.11. The van der Waals surface area contributed by atoms with E-state index in [0.717, 1.165) is 0 Å². The van der Waals surface area contributed by atoms with Gasteiger partial charge in [-0.25, -0.2) is 0 Å². The van der Waals surface area contributed by atoms with Crippen LogP contribution in [0.1, 0.15) is 6.92 Å². The maximum atomic E-state index is 12.6. The molecule has 4 heteroatoms. The second-order valence-electron chi connectivity index (χ2n) is 4.50. The zero-order valence-electron chi connectivity index (χ0n) is 11.4. The van der Waals surface area contributed by atoms with Crippen molar-refractivity contribution in [2.24, 2.45) is 0 Å². The van der Waals surface area contributed by atoms with Gasteiger partial charge < -0.3 is 9.15 Å². The van der Waals surface area contributed by atoms with Gasteiger partial charge in [0.15, 0.2) is 5.76 Å². The maximum absolute atomic E-state index is 12.6. The van der Waals surface area contributed by atoms with E-state index in [0.29, 0.717) is 33.9 Å². The number of hydrogen-bond acceptors (Lipinski definition) is 3. The molecule has 3 rings (SSSR count). The van der Waals surface area contributed by atoms with Crippen molar-refractivity contribution in [1.82, 2.24) is 0 Å². The smallest absolute Gasteiger partial charge is 0.235 e. The van der Waals surface area contributed by atoms with Crippen molar-refractivity contribution in [3.8, 4) is 17.1 Å². The van der Waals surface area contributed by atoms with Gasteiger partial charge in [0.1, 0.15) is 5.58 Å². The third kappa shape index (κ3) is 2.41. The van der Waals surface area contributed by atoms with Gasteiger partial charge >= 0.3 is 0 Å². The zero-order valence-corrected chi connectivity index (χ0v) is 12.2. The first-order valence-electron chi connectivity index (χ1n) is 6.66. The van der Waals surface area contributed by atoms with E-state index in [4.69, 9.17) is 20.8 Å². The number of ether oxygens (including phenoxy) is 1. The molecule has 0 fully saturated rings. The van der Waals surface area contributed by atoms with Crippen LogP contribution in [0, 0.1) is 0 Å². The van der Waals surface area contributed by atoms with E-state index >= 15 is 0 Å². The minimum Gasteiger partial charge on any atom is -0.487 e. The van der Waals surface area contributed by atoms with Crippen LogP contribution in [0.5, 0.6) is 5.75 Å². The minimum absolute atomic E-state index is 0.186. The first kappa shape index (κ1) is 13.7. The number of para-hydroxylation sites is 1. The average molecular weight is 301 g/mol. The number of benzene rings is 2. The monoisotopic (exact) mass is 300 g/mol. The van der Waals surface area contributed by atoms with Crippen molar-refractivity contribution >= 4 is 22.6 Å². The third-order valence-corrected chi connectivity index (χ3v) is 3.49. The van der Waals surface area contributed by atoms with Crippen molar-refractivity contribution in [3.05, 3.63) is 63.8 Å². The van der Waals surface area contributed by atoms with Crippen molar-refractivity contribution in [2.45, 2.75) is 6.92 Å². The van der Waals surface area contributed by atoms with E-state index in [9.17, 15) is 4.79 Å². The molecule has 0 bridgehead atoms. The van der Waals surface area contributed by atoms with E-state index in [1.54, 1.807) is 30.3 Å². The molecule has 1 heterocycles. The Morgan fingerprint density at radius 2 is 1.81 bits per heavy atom. The van der Waals surface area contributed by atoms with Crippen LogP contribution in [-0.2, 0) is 0 Å². The average Bonchev–Trinajstić information content (AvgIpc) is 2.51. The fourth-order valence-electron chi connectivity index (χ4n) is 2.22. The summed E-state index contributed by atoms with van der Waals surface area (Å²) in [7, 11) is 0. The highest BCUT2D eigenvalue weighted by atomic mass is 35.5. The summed E-state index contributed by atoms with van der Waals surface area (Å²) in [6.07, 6.45) is 0. The van der Waals surface area contributed by atoms with Gasteiger partial charge in [-0.2, -0.15) is 0 Å². The standard InChI is InChI=1S/C17H13ClO3/c1-2-20-17-15(19)12-8-4-6-10-14(12)21-16(17)11-7-3-5-9-13(11)18/h3-10H,2H2,1H3. The molecule has 21 heavy (non-hydrogen) atoms. The quantitative estimate of drug-likeness (QED) is 0.714. The Balaban J connectivity index is 2.38. The Hall–Kier alpha value is -2.26. The lowest BCUT2D eigenvalue weighted by atomic mass is 10.1. The number of halogens is 1. The van der Waals surface area contributed by atoms with Gasteiger partial charge in [-0.3, -0.25) is 4.79 Å². The second-order valence-corrected chi connectivity index (χ2v) is 4.91. The molecule has 3 nitrogen and oxygen atoms in total. The Labute approximate surface area is 126 Å². The zero-order chi connectivity index (χ0) is 14.8. The van der Waals surface area contributed by atoms with E-state index in [2.05, 4.69) is 0 Å². The summed E-state index contributed by atoms with van der Waals surface area (Å²) in [6.45, 7) is 2.20. The number of rotatable bonds is 3. The second kappa shape index (κ2) is 5.62. The molecule has 0 aliphatic heterocycles. The molecular formula is C17H13ClO3. The van der Waals surface area contributed by atoms with Crippen molar-refractivity contribution in [3.63, 3.8) is 0 Å². The van der Waals surface area contributed by atoms with Crippen LogP contribution in [0.4, 0.5) is 0 Å². The summed E-state index contributed by atoms with van der Waals surface area (Å²) in [4.78, 5) is 12.6. The van der Waals surface area contributed by atoms with Crippen LogP contribution >= 0.6 is 11.6 Å².